The second-order valence-electron chi connectivity index (χ2n) is 6.99. The van der Waals surface area contributed by atoms with Crippen LogP contribution in [-0.2, 0) is 12.1 Å². The summed E-state index contributed by atoms with van der Waals surface area (Å²) in [4.78, 5) is 14.9. The highest BCUT2D eigenvalue weighted by atomic mass is 32.1. The number of hydrogen-bond donors (Lipinski definition) is 2. The van der Waals surface area contributed by atoms with Gasteiger partial charge in [0.1, 0.15) is 11.9 Å². The minimum Gasteiger partial charge on any atom is -0.378 e. The van der Waals surface area contributed by atoms with E-state index in [0.717, 1.165) is 15.3 Å². The quantitative estimate of drug-likeness (QED) is 0.750. The molecule has 1 unspecified atom stereocenters. The average molecular weight is 354 g/mol. The predicted octanol–water partition coefficient (Wildman–Crippen LogP) is 3.34. The van der Waals surface area contributed by atoms with Crippen molar-refractivity contribution in [2.24, 2.45) is 11.1 Å². The highest BCUT2D eigenvalue weighted by Gasteiger charge is 2.45. The van der Waals surface area contributed by atoms with Crippen LogP contribution in [0.25, 0.3) is 10.4 Å². The van der Waals surface area contributed by atoms with Gasteiger partial charge in [-0.15, -0.1) is 11.3 Å². The van der Waals surface area contributed by atoms with Crippen LogP contribution in [-0.4, -0.2) is 20.1 Å². The maximum atomic E-state index is 11.5. The zero-order chi connectivity index (χ0) is 18.1. The number of aliphatic hydroxyl groups is 1. The first-order valence-electron chi connectivity index (χ1n) is 8.10. The predicted molar refractivity (Wildman–Crippen MR) is 99.9 cm³/mol. The van der Waals surface area contributed by atoms with Crippen LogP contribution in [0, 0.1) is 5.41 Å². The number of hydrogen-bond acceptors (Lipinski definition) is 6. The van der Waals surface area contributed by atoms with Crippen molar-refractivity contribution >= 4 is 11.3 Å². The lowest BCUT2D eigenvalue weighted by atomic mass is 9.71. The molecule has 0 spiro atoms. The van der Waals surface area contributed by atoms with Crippen LogP contribution < -0.4 is 5.73 Å². The van der Waals surface area contributed by atoms with Crippen LogP contribution in [0.2, 0.25) is 0 Å². The Kier molecular flexibility index (Phi) is 4.69. The van der Waals surface area contributed by atoms with Gasteiger partial charge in [0.25, 0.3) is 0 Å². The van der Waals surface area contributed by atoms with E-state index in [1.807, 2.05) is 45.0 Å². The normalized spacial score (nSPS) is 14.3. The third-order valence-corrected chi connectivity index (χ3v) is 5.50. The van der Waals surface area contributed by atoms with Crippen molar-refractivity contribution in [3.63, 3.8) is 0 Å². The molecule has 3 heterocycles. The molecule has 1 atom stereocenters. The molecule has 25 heavy (non-hydrogen) atoms. The first-order chi connectivity index (χ1) is 11.9. The molecular formula is C19H22N4OS. The van der Waals surface area contributed by atoms with E-state index in [1.165, 1.54) is 6.33 Å². The topological polar surface area (TPSA) is 84.9 Å². The van der Waals surface area contributed by atoms with Gasteiger partial charge in [-0.3, -0.25) is 4.98 Å². The van der Waals surface area contributed by atoms with Crippen molar-refractivity contribution < 1.29 is 5.11 Å². The minimum absolute atomic E-state index is 0.484. The fourth-order valence-corrected chi connectivity index (χ4v) is 3.72. The fourth-order valence-electron chi connectivity index (χ4n) is 2.85. The Hall–Kier alpha value is -2.15. The van der Waals surface area contributed by atoms with E-state index in [0.29, 0.717) is 17.8 Å². The highest BCUT2D eigenvalue weighted by Crippen LogP contribution is 2.43. The standard InChI is InChI=1S/C19H22N4OS/c1-18(2,3)19(24,14-10-21-12-22-11-14)17-7-4-13(9-23-17)16-6-5-15(8-20)25-16/h4-7,9-12,24H,8,20H2,1-3H3. The zero-order valence-electron chi connectivity index (χ0n) is 14.6. The van der Waals surface area contributed by atoms with E-state index in [1.54, 1.807) is 29.9 Å². The number of thiophene rings is 1. The fraction of sp³-hybridized carbons (Fsp3) is 0.316. The van der Waals surface area contributed by atoms with E-state index < -0.39 is 11.0 Å². The molecule has 0 aliphatic heterocycles. The Bertz CT molecular complexity index is 840. The van der Waals surface area contributed by atoms with Crippen LogP contribution in [0.1, 0.15) is 36.9 Å². The largest absolute Gasteiger partial charge is 0.378 e. The van der Waals surface area contributed by atoms with Crippen molar-refractivity contribution in [2.75, 3.05) is 0 Å². The molecule has 3 aromatic rings. The Morgan fingerprint density at radius 1 is 1.04 bits per heavy atom. The number of aromatic nitrogens is 3. The molecule has 5 nitrogen and oxygen atoms in total. The third kappa shape index (κ3) is 3.20. The summed E-state index contributed by atoms with van der Waals surface area (Å²) in [7, 11) is 0. The van der Waals surface area contributed by atoms with Crippen molar-refractivity contribution in [1.29, 1.82) is 0 Å². The molecule has 3 rings (SSSR count). The molecule has 130 valence electrons. The third-order valence-electron chi connectivity index (χ3n) is 4.35. The number of rotatable bonds is 4. The molecule has 0 aromatic carbocycles. The molecule has 0 fully saturated rings. The molecule has 0 aliphatic rings. The summed E-state index contributed by atoms with van der Waals surface area (Å²) in [5, 5.41) is 11.5. The van der Waals surface area contributed by atoms with E-state index in [-0.39, 0.29) is 0 Å². The van der Waals surface area contributed by atoms with Crippen molar-refractivity contribution in [3.05, 3.63) is 65.3 Å². The molecule has 3 aromatic heterocycles. The lowest BCUT2D eigenvalue weighted by Gasteiger charge is -2.39. The van der Waals surface area contributed by atoms with E-state index in [2.05, 4.69) is 15.0 Å². The summed E-state index contributed by atoms with van der Waals surface area (Å²) in [5.74, 6) is 0. The second-order valence-corrected chi connectivity index (χ2v) is 8.16. The summed E-state index contributed by atoms with van der Waals surface area (Å²) >= 11 is 1.65. The van der Waals surface area contributed by atoms with Crippen LogP contribution >= 0.6 is 11.3 Å². The smallest absolute Gasteiger partial charge is 0.139 e. The van der Waals surface area contributed by atoms with Crippen molar-refractivity contribution in [2.45, 2.75) is 32.9 Å². The summed E-state index contributed by atoms with van der Waals surface area (Å²) in [6.07, 6.45) is 6.53. The molecule has 6 heteroatoms. The molecule has 3 N–H and O–H groups in total. The van der Waals surface area contributed by atoms with E-state index >= 15 is 0 Å². The van der Waals surface area contributed by atoms with Crippen LogP contribution in [0.5, 0.6) is 0 Å². The van der Waals surface area contributed by atoms with Gasteiger partial charge < -0.3 is 10.8 Å². The molecule has 0 amide bonds. The summed E-state index contributed by atoms with van der Waals surface area (Å²) < 4.78 is 0. The second kappa shape index (κ2) is 6.63. The average Bonchev–Trinajstić information content (AvgIpc) is 3.10. The number of nitrogens with two attached hydrogens (primary N) is 1. The van der Waals surface area contributed by atoms with Gasteiger partial charge in [-0.05, 0) is 18.2 Å². The monoisotopic (exact) mass is 354 g/mol. The van der Waals surface area contributed by atoms with E-state index in [9.17, 15) is 5.11 Å². The van der Waals surface area contributed by atoms with Crippen LogP contribution in [0.4, 0.5) is 0 Å². The Labute approximate surface area is 151 Å². The molecular weight excluding hydrogens is 332 g/mol. The first-order valence-corrected chi connectivity index (χ1v) is 8.91. The molecule has 0 saturated carbocycles. The zero-order valence-corrected chi connectivity index (χ0v) is 15.4. The van der Waals surface area contributed by atoms with Gasteiger partial charge in [0.05, 0.1) is 5.69 Å². The van der Waals surface area contributed by atoms with Gasteiger partial charge >= 0.3 is 0 Å². The first kappa shape index (κ1) is 17.7. The van der Waals surface area contributed by atoms with Gasteiger partial charge in [-0.25, -0.2) is 9.97 Å². The summed E-state index contributed by atoms with van der Waals surface area (Å²) in [6, 6.07) is 7.93. The summed E-state index contributed by atoms with van der Waals surface area (Å²) in [6.45, 7) is 6.46. The Morgan fingerprint density at radius 2 is 1.76 bits per heavy atom. The Balaban J connectivity index is 2.03. The van der Waals surface area contributed by atoms with Gasteiger partial charge in [0.15, 0.2) is 0 Å². The van der Waals surface area contributed by atoms with Gasteiger partial charge in [0, 0.05) is 51.4 Å². The van der Waals surface area contributed by atoms with Gasteiger partial charge in [-0.2, -0.15) is 0 Å². The van der Waals surface area contributed by atoms with Crippen molar-refractivity contribution in [1.82, 2.24) is 15.0 Å². The molecule has 0 bridgehead atoms. The Morgan fingerprint density at radius 3 is 2.28 bits per heavy atom. The van der Waals surface area contributed by atoms with Gasteiger partial charge in [0.2, 0.25) is 0 Å². The lowest BCUT2D eigenvalue weighted by Crippen LogP contribution is -2.42. The van der Waals surface area contributed by atoms with E-state index in [4.69, 9.17) is 5.73 Å². The molecule has 0 aliphatic carbocycles. The lowest BCUT2D eigenvalue weighted by molar-refractivity contribution is -0.0301. The SMILES string of the molecule is CC(C)(C)C(O)(c1cncnc1)c1ccc(-c2ccc(CN)s2)cn1. The van der Waals surface area contributed by atoms with Gasteiger partial charge in [-0.1, -0.05) is 26.8 Å². The summed E-state index contributed by atoms with van der Waals surface area (Å²) in [5.41, 5.74) is 6.13. The highest BCUT2D eigenvalue weighted by molar-refractivity contribution is 7.15. The molecule has 0 radical (unpaired) electrons. The maximum absolute atomic E-state index is 11.5. The number of nitrogens with zero attached hydrogens (tertiary/aromatic N) is 3. The minimum atomic E-state index is -1.29. The van der Waals surface area contributed by atoms with Crippen molar-refractivity contribution in [3.8, 4) is 10.4 Å². The van der Waals surface area contributed by atoms with Crippen LogP contribution in [0.3, 0.4) is 0 Å². The molecule has 0 saturated heterocycles. The number of pyridine rings is 1. The maximum Gasteiger partial charge on any atom is 0.139 e. The van der Waals surface area contributed by atoms with Crippen LogP contribution in [0.15, 0.2) is 49.2 Å².